The average molecular weight is 191 g/mol. The highest BCUT2D eigenvalue weighted by atomic mass is 16.5. The lowest BCUT2D eigenvalue weighted by molar-refractivity contribution is -0.117. The van der Waals surface area contributed by atoms with E-state index in [9.17, 15) is 9.59 Å². The van der Waals surface area contributed by atoms with Crippen molar-refractivity contribution in [3.63, 3.8) is 0 Å². The Labute approximate surface area is 80.9 Å². The van der Waals surface area contributed by atoms with Crippen LogP contribution in [0.25, 0.3) is 0 Å². The van der Waals surface area contributed by atoms with E-state index in [-0.39, 0.29) is 5.78 Å². The monoisotopic (exact) mass is 191 g/mol. The van der Waals surface area contributed by atoms with Gasteiger partial charge in [-0.05, 0) is 11.6 Å². The molecule has 0 spiro atoms. The molecule has 0 amide bonds. The van der Waals surface area contributed by atoms with Gasteiger partial charge in [0.15, 0.2) is 0 Å². The molecule has 0 atom stereocenters. The molecule has 0 unspecified atom stereocenters. The molecule has 0 saturated carbocycles. The maximum Gasteiger partial charge on any atom is 0.339 e. The smallest absolute Gasteiger partial charge is 0.339 e. The zero-order valence-corrected chi connectivity index (χ0v) is 7.74. The molecular formula is C10H9NO3. The number of hydrogen-bond donors (Lipinski definition) is 0. The average Bonchev–Trinajstić information content (AvgIpc) is 2.55. The highest BCUT2D eigenvalue weighted by Gasteiger charge is 2.21. The molecule has 0 N–H and O–H groups in total. The molecule has 1 aliphatic rings. The third-order valence-corrected chi connectivity index (χ3v) is 2.23. The molecule has 72 valence electrons. The summed E-state index contributed by atoms with van der Waals surface area (Å²) in [5.74, 6) is -0.269. The first kappa shape index (κ1) is 8.87. The predicted octanol–water partition coefficient (Wildman–Crippen LogP) is 0.536. The first-order chi connectivity index (χ1) is 6.70. The number of carbonyl (C=O) groups excluding carboxylic acids is 2. The standard InChI is InChI=1S/C10H9NO3/c1-14-10(13)7-2-6-3-8(12)4-9(6)11-5-7/h2,5H,3-4H2,1H3. The normalized spacial score (nSPS) is 13.9. The molecule has 14 heavy (non-hydrogen) atoms. The van der Waals surface area contributed by atoms with E-state index >= 15 is 0 Å². The summed E-state index contributed by atoms with van der Waals surface area (Å²) in [6, 6.07) is 1.68. The van der Waals surface area contributed by atoms with Gasteiger partial charge in [0.05, 0.1) is 18.4 Å². The molecule has 1 heterocycles. The number of Topliss-reactive ketones (excluding diaryl/α,β-unsaturated/α-hetero) is 1. The second kappa shape index (κ2) is 3.21. The van der Waals surface area contributed by atoms with E-state index in [1.165, 1.54) is 13.3 Å². The molecule has 1 aliphatic carbocycles. The molecule has 1 aromatic rings. The summed E-state index contributed by atoms with van der Waals surface area (Å²) >= 11 is 0. The summed E-state index contributed by atoms with van der Waals surface area (Å²) in [7, 11) is 1.32. The number of carbonyl (C=O) groups is 2. The number of esters is 1. The zero-order valence-electron chi connectivity index (χ0n) is 7.74. The minimum absolute atomic E-state index is 0.148. The van der Waals surface area contributed by atoms with Crippen molar-refractivity contribution in [1.82, 2.24) is 4.98 Å². The van der Waals surface area contributed by atoms with Gasteiger partial charge in [-0.1, -0.05) is 0 Å². The Morgan fingerprint density at radius 2 is 2.29 bits per heavy atom. The summed E-state index contributed by atoms with van der Waals surface area (Å²) in [4.78, 5) is 26.3. The van der Waals surface area contributed by atoms with E-state index in [0.29, 0.717) is 18.4 Å². The van der Waals surface area contributed by atoms with Crippen molar-refractivity contribution in [2.45, 2.75) is 12.8 Å². The fraction of sp³-hybridized carbons (Fsp3) is 0.300. The Morgan fingerprint density at radius 3 is 3.00 bits per heavy atom. The van der Waals surface area contributed by atoms with Crippen molar-refractivity contribution in [3.8, 4) is 0 Å². The molecular weight excluding hydrogens is 182 g/mol. The van der Waals surface area contributed by atoms with Gasteiger partial charge in [-0.15, -0.1) is 0 Å². The molecule has 4 nitrogen and oxygen atoms in total. The number of aromatic nitrogens is 1. The number of ether oxygens (including phenoxy) is 1. The van der Waals surface area contributed by atoms with Gasteiger partial charge in [-0.3, -0.25) is 9.78 Å². The van der Waals surface area contributed by atoms with Crippen LogP contribution in [0.1, 0.15) is 21.6 Å². The summed E-state index contributed by atoms with van der Waals surface area (Å²) in [5, 5.41) is 0. The summed E-state index contributed by atoms with van der Waals surface area (Å²) in [5.41, 5.74) is 2.03. The van der Waals surface area contributed by atoms with Gasteiger partial charge in [0, 0.05) is 19.0 Å². The molecule has 4 heteroatoms. The van der Waals surface area contributed by atoms with Crippen LogP contribution >= 0.6 is 0 Å². The van der Waals surface area contributed by atoms with Crippen molar-refractivity contribution in [3.05, 3.63) is 29.1 Å². The van der Waals surface area contributed by atoms with Crippen molar-refractivity contribution in [2.24, 2.45) is 0 Å². The lowest BCUT2D eigenvalue weighted by Gasteiger charge is -2.00. The Morgan fingerprint density at radius 1 is 1.50 bits per heavy atom. The van der Waals surface area contributed by atoms with Crippen molar-refractivity contribution in [1.29, 1.82) is 0 Å². The van der Waals surface area contributed by atoms with Crippen LogP contribution in [0.15, 0.2) is 12.3 Å². The van der Waals surface area contributed by atoms with E-state index in [4.69, 9.17) is 0 Å². The Bertz CT molecular complexity index is 412. The number of nitrogens with zero attached hydrogens (tertiary/aromatic N) is 1. The van der Waals surface area contributed by atoms with Crippen molar-refractivity contribution < 1.29 is 14.3 Å². The predicted molar refractivity (Wildman–Crippen MR) is 48.0 cm³/mol. The quantitative estimate of drug-likeness (QED) is 0.608. The molecule has 0 fully saturated rings. The molecule has 1 aromatic heterocycles. The highest BCUT2D eigenvalue weighted by molar-refractivity contribution is 5.91. The van der Waals surface area contributed by atoms with Crippen LogP contribution in [-0.2, 0) is 22.4 Å². The lowest BCUT2D eigenvalue weighted by atomic mass is 10.1. The van der Waals surface area contributed by atoms with Crippen LogP contribution in [0.3, 0.4) is 0 Å². The van der Waals surface area contributed by atoms with Gasteiger partial charge in [0.25, 0.3) is 0 Å². The van der Waals surface area contributed by atoms with Crippen LogP contribution in [-0.4, -0.2) is 23.8 Å². The number of hydrogen-bond acceptors (Lipinski definition) is 4. The molecule has 0 saturated heterocycles. The minimum atomic E-state index is -0.417. The fourth-order valence-corrected chi connectivity index (χ4v) is 1.54. The van der Waals surface area contributed by atoms with Crippen LogP contribution in [0.5, 0.6) is 0 Å². The van der Waals surface area contributed by atoms with E-state index in [1.807, 2.05) is 0 Å². The maximum absolute atomic E-state index is 11.1. The number of rotatable bonds is 1. The largest absolute Gasteiger partial charge is 0.465 e. The Hall–Kier alpha value is -1.71. The summed E-state index contributed by atoms with van der Waals surface area (Å²) in [6.45, 7) is 0. The molecule has 2 rings (SSSR count). The van der Waals surface area contributed by atoms with Gasteiger partial charge in [0.1, 0.15) is 5.78 Å². The molecule has 0 bridgehead atoms. The lowest BCUT2D eigenvalue weighted by Crippen LogP contribution is -2.03. The van der Waals surface area contributed by atoms with Crippen molar-refractivity contribution in [2.75, 3.05) is 7.11 Å². The van der Waals surface area contributed by atoms with E-state index in [2.05, 4.69) is 9.72 Å². The number of fused-ring (bicyclic) bond motifs is 1. The van der Waals surface area contributed by atoms with Crippen molar-refractivity contribution >= 4 is 11.8 Å². The topological polar surface area (TPSA) is 56.3 Å². The number of pyridine rings is 1. The molecule has 0 aromatic carbocycles. The zero-order chi connectivity index (χ0) is 10.1. The van der Waals surface area contributed by atoms with Crippen LogP contribution in [0.4, 0.5) is 0 Å². The Balaban J connectivity index is 2.37. The fourth-order valence-electron chi connectivity index (χ4n) is 1.54. The molecule has 0 aliphatic heterocycles. The maximum atomic E-state index is 11.1. The van der Waals surface area contributed by atoms with Gasteiger partial charge in [-0.2, -0.15) is 0 Å². The SMILES string of the molecule is COC(=O)c1cnc2c(c1)CC(=O)C2. The first-order valence-electron chi connectivity index (χ1n) is 4.28. The van der Waals surface area contributed by atoms with Crippen LogP contribution in [0, 0.1) is 0 Å². The van der Waals surface area contributed by atoms with Gasteiger partial charge >= 0.3 is 5.97 Å². The van der Waals surface area contributed by atoms with E-state index in [0.717, 1.165) is 11.3 Å². The highest BCUT2D eigenvalue weighted by Crippen LogP contribution is 2.18. The number of methoxy groups -OCH3 is 1. The second-order valence-corrected chi connectivity index (χ2v) is 3.21. The molecule has 0 radical (unpaired) electrons. The van der Waals surface area contributed by atoms with Gasteiger partial charge in [0.2, 0.25) is 0 Å². The Kier molecular flexibility index (Phi) is 2.04. The van der Waals surface area contributed by atoms with E-state index < -0.39 is 5.97 Å². The minimum Gasteiger partial charge on any atom is -0.465 e. The van der Waals surface area contributed by atoms with Gasteiger partial charge in [-0.25, -0.2) is 4.79 Å². The third kappa shape index (κ3) is 1.39. The number of ketones is 1. The van der Waals surface area contributed by atoms with Crippen LogP contribution < -0.4 is 0 Å². The summed E-state index contributed by atoms with van der Waals surface area (Å²) < 4.78 is 4.56. The summed E-state index contributed by atoms with van der Waals surface area (Å²) in [6.07, 6.45) is 2.22. The first-order valence-corrected chi connectivity index (χ1v) is 4.28. The second-order valence-electron chi connectivity index (χ2n) is 3.21. The van der Waals surface area contributed by atoms with E-state index in [1.54, 1.807) is 6.07 Å². The van der Waals surface area contributed by atoms with Crippen LogP contribution in [0.2, 0.25) is 0 Å². The third-order valence-electron chi connectivity index (χ3n) is 2.23. The van der Waals surface area contributed by atoms with Gasteiger partial charge < -0.3 is 4.74 Å².